The molecule has 0 radical (unpaired) electrons. The molecular formula is C10H20N2O2. The molecule has 1 amide bonds. The number of methoxy groups -OCH3 is 1. The summed E-state index contributed by atoms with van der Waals surface area (Å²) in [5.74, 6) is 0.219. The Kier molecular flexibility index (Phi) is 4.35. The van der Waals surface area contributed by atoms with E-state index >= 15 is 0 Å². The minimum absolute atomic E-state index is 0.0908. The monoisotopic (exact) mass is 200 g/mol. The third-order valence-corrected chi connectivity index (χ3v) is 2.85. The molecule has 1 heterocycles. The van der Waals surface area contributed by atoms with Gasteiger partial charge in [-0.15, -0.1) is 0 Å². The minimum atomic E-state index is 0.0908. The number of carbonyl (C=O) groups is 1. The van der Waals surface area contributed by atoms with E-state index in [4.69, 9.17) is 4.74 Å². The number of nitrogens with one attached hydrogen (secondary N) is 2. The first kappa shape index (κ1) is 11.5. The van der Waals surface area contributed by atoms with Crippen LogP contribution >= 0.6 is 0 Å². The molecular weight excluding hydrogens is 180 g/mol. The Balaban J connectivity index is 2.39. The Morgan fingerprint density at radius 2 is 2.36 bits per heavy atom. The molecule has 14 heavy (non-hydrogen) atoms. The molecule has 1 aliphatic rings. The summed E-state index contributed by atoms with van der Waals surface area (Å²) < 4.78 is 5.26. The van der Waals surface area contributed by atoms with E-state index in [1.165, 1.54) is 0 Å². The van der Waals surface area contributed by atoms with Crippen LogP contribution in [0.3, 0.4) is 0 Å². The molecule has 3 atom stereocenters. The first-order chi connectivity index (χ1) is 6.69. The lowest BCUT2D eigenvalue weighted by Crippen LogP contribution is -2.45. The van der Waals surface area contributed by atoms with Gasteiger partial charge in [-0.2, -0.15) is 0 Å². The molecule has 2 N–H and O–H groups in total. The SMILES string of the molecule is CCC(C)C(=O)NC1CNC[C@@H]1OC. The summed E-state index contributed by atoms with van der Waals surface area (Å²) in [6, 6.07) is 0.126. The van der Waals surface area contributed by atoms with E-state index in [0.29, 0.717) is 0 Å². The Morgan fingerprint density at radius 1 is 1.64 bits per heavy atom. The van der Waals surface area contributed by atoms with E-state index in [-0.39, 0.29) is 24.0 Å². The molecule has 82 valence electrons. The molecule has 4 heteroatoms. The number of hydrogen-bond donors (Lipinski definition) is 2. The van der Waals surface area contributed by atoms with Crippen LogP contribution in [0, 0.1) is 5.92 Å². The second-order valence-corrected chi connectivity index (χ2v) is 3.86. The second kappa shape index (κ2) is 5.32. The first-order valence-electron chi connectivity index (χ1n) is 5.23. The molecule has 1 aliphatic heterocycles. The normalized spacial score (nSPS) is 28.8. The van der Waals surface area contributed by atoms with Crippen LogP contribution in [0.5, 0.6) is 0 Å². The van der Waals surface area contributed by atoms with Crippen molar-refractivity contribution in [3.63, 3.8) is 0 Å². The first-order valence-corrected chi connectivity index (χ1v) is 5.23. The van der Waals surface area contributed by atoms with Crippen molar-refractivity contribution in [3.8, 4) is 0 Å². The summed E-state index contributed by atoms with van der Waals surface area (Å²) in [6.07, 6.45) is 0.992. The van der Waals surface area contributed by atoms with Gasteiger partial charge in [0.15, 0.2) is 0 Å². The number of carbonyl (C=O) groups excluding carboxylic acids is 1. The van der Waals surface area contributed by atoms with Gasteiger partial charge in [-0.3, -0.25) is 4.79 Å². The predicted molar refractivity (Wildman–Crippen MR) is 55.1 cm³/mol. The molecule has 4 nitrogen and oxygen atoms in total. The van der Waals surface area contributed by atoms with E-state index in [0.717, 1.165) is 19.5 Å². The van der Waals surface area contributed by atoms with Crippen molar-refractivity contribution >= 4 is 5.91 Å². The van der Waals surface area contributed by atoms with E-state index in [2.05, 4.69) is 10.6 Å². The number of ether oxygens (including phenoxy) is 1. The van der Waals surface area contributed by atoms with Gasteiger partial charge in [-0.05, 0) is 6.42 Å². The zero-order valence-electron chi connectivity index (χ0n) is 9.17. The van der Waals surface area contributed by atoms with Crippen molar-refractivity contribution in [3.05, 3.63) is 0 Å². The highest BCUT2D eigenvalue weighted by atomic mass is 16.5. The topological polar surface area (TPSA) is 50.4 Å². The second-order valence-electron chi connectivity index (χ2n) is 3.86. The van der Waals surface area contributed by atoms with Crippen molar-refractivity contribution in [2.75, 3.05) is 20.2 Å². The smallest absolute Gasteiger partial charge is 0.223 e. The van der Waals surface area contributed by atoms with E-state index in [9.17, 15) is 4.79 Å². The molecule has 1 rings (SSSR count). The molecule has 0 bridgehead atoms. The van der Waals surface area contributed by atoms with Gasteiger partial charge in [-0.1, -0.05) is 13.8 Å². The maximum atomic E-state index is 11.6. The van der Waals surface area contributed by atoms with Crippen molar-refractivity contribution in [2.45, 2.75) is 32.4 Å². The average Bonchev–Trinajstić information content (AvgIpc) is 2.63. The van der Waals surface area contributed by atoms with E-state index in [1.807, 2.05) is 13.8 Å². The van der Waals surface area contributed by atoms with Gasteiger partial charge in [0.1, 0.15) is 0 Å². The summed E-state index contributed by atoms with van der Waals surface area (Å²) in [5.41, 5.74) is 0. The molecule has 1 fully saturated rings. The quantitative estimate of drug-likeness (QED) is 0.678. The van der Waals surface area contributed by atoms with Crippen LogP contribution in [0.15, 0.2) is 0 Å². The van der Waals surface area contributed by atoms with Crippen molar-refractivity contribution < 1.29 is 9.53 Å². The molecule has 0 aromatic rings. The predicted octanol–water partition coefficient (Wildman–Crippen LogP) is 0.136. The maximum Gasteiger partial charge on any atom is 0.223 e. The third kappa shape index (κ3) is 2.69. The Bertz CT molecular complexity index is 197. The summed E-state index contributed by atoms with van der Waals surface area (Å²) >= 11 is 0. The standard InChI is InChI=1S/C10H20N2O2/c1-4-7(2)10(13)12-8-5-11-6-9(8)14-3/h7-9,11H,4-6H2,1-3H3,(H,12,13)/t7?,8?,9-/m0/s1. The van der Waals surface area contributed by atoms with Crippen LogP contribution in [0.25, 0.3) is 0 Å². The van der Waals surface area contributed by atoms with Crippen LogP contribution in [0.1, 0.15) is 20.3 Å². The minimum Gasteiger partial charge on any atom is -0.378 e. The fraction of sp³-hybridized carbons (Fsp3) is 0.900. The van der Waals surface area contributed by atoms with Crippen LogP contribution in [0.4, 0.5) is 0 Å². The summed E-state index contributed by atoms with van der Waals surface area (Å²) in [4.78, 5) is 11.6. The summed E-state index contributed by atoms with van der Waals surface area (Å²) in [5, 5.41) is 6.20. The highest BCUT2D eigenvalue weighted by molar-refractivity contribution is 5.78. The largest absolute Gasteiger partial charge is 0.378 e. The Morgan fingerprint density at radius 3 is 2.93 bits per heavy atom. The summed E-state index contributed by atoms with van der Waals surface area (Å²) in [6.45, 7) is 5.59. The van der Waals surface area contributed by atoms with Crippen molar-refractivity contribution in [1.82, 2.24) is 10.6 Å². The molecule has 0 aliphatic carbocycles. The number of rotatable bonds is 4. The fourth-order valence-electron chi connectivity index (χ4n) is 1.56. The molecule has 0 aromatic carbocycles. The van der Waals surface area contributed by atoms with Gasteiger partial charge in [0.05, 0.1) is 12.1 Å². The third-order valence-electron chi connectivity index (χ3n) is 2.85. The Hall–Kier alpha value is -0.610. The van der Waals surface area contributed by atoms with Crippen LogP contribution in [-0.2, 0) is 9.53 Å². The van der Waals surface area contributed by atoms with Gasteiger partial charge < -0.3 is 15.4 Å². The van der Waals surface area contributed by atoms with Gasteiger partial charge in [0.2, 0.25) is 5.91 Å². The van der Waals surface area contributed by atoms with Gasteiger partial charge in [0, 0.05) is 26.1 Å². The fourth-order valence-corrected chi connectivity index (χ4v) is 1.56. The molecule has 1 saturated heterocycles. The Labute approximate surface area is 85.4 Å². The zero-order chi connectivity index (χ0) is 10.6. The van der Waals surface area contributed by atoms with E-state index in [1.54, 1.807) is 7.11 Å². The molecule has 2 unspecified atom stereocenters. The molecule has 0 aromatic heterocycles. The van der Waals surface area contributed by atoms with E-state index < -0.39 is 0 Å². The highest BCUT2D eigenvalue weighted by Gasteiger charge is 2.28. The average molecular weight is 200 g/mol. The van der Waals surface area contributed by atoms with Crippen molar-refractivity contribution in [2.24, 2.45) is 5.92 Å². The highest BCUT2D eigenvalue weighted by Crippen LogP contribution is 2.06. The molecule has 0 saturated carbocycles. The zero-order valence-corrected chi connectivity index (χ0v) is 9.17. The summed E-state index contributed by atoms with van der Waals surface area (Å²) in [7, 11) is 1.68. The van der Waals surface area contributed by atoms with Gasteiger partial charge in [-0.25, -0.2) is 0 Å². The number of hydrogen-bond acceptors (Lipinski definition) is 3. The van der Waals surface area contributed by atoms with Crippen molar-refractivity contribution in [1.29, 1.82) is 0 Å². The molecule has 0 spiro atoms. The van der Waals surface area contributed by atoms with Crippen LogP contribution < -0.4 is 10.6 Å². The maximum absolute atomic E-state index is 11.6. The van der Waals surface area contributed by atoms with Gasteiger partial charge in [0.25, 0.3) is 0 Å². The lowest BCUT2D eigenvalue weighted by atomic mass is 10.1. The lowest BCUT2D eigenvalue weighted by Gasteiger charge is -2.20. The van der Waals surface area contributed by atoms with Gasteiger partial charge >= 0.3 is 0 Å². The van der Waals surface area contributed by atoms with Crippen LogP contribution in [-0.4, -0.2) is 38.3 Å². The van der Waals surface area contributed by atoms with Crippen LogP contribution in [0.2, 0.25) is 0 Å². The number of amides is 1. The lowest BCUT2D eigenvalue weighted by molar-refractivity contribution is -0.125.